The van der Waals surface area contributed by atoms with E-state index in [1.807, 2.05) is 0 Å². The van der Waals surface area contributed by atoms with E-state index in [9.17, 15) is 9.90 Å². The van der Waals surface area contributed by atoms with Crippen LogP contribution in [0.2, 0.25) is 0 Å². The fraction of sp³-hybridized carbons (Fsp3) is 0.857. The van der Waals surface area contributed by atoms with Crippen LogP contribution < -0.4 is 56.5 Å². The van der Waals surface area contributed by atoms with Gasteiger partial charge in [0, 0.05) is 0 Å². The van der Waals surface area contributed by atoms with Crippen LogP contribution in [-0.2, 0) is 9.53 Å². The largest absolute Gasteiger partial charge is 1.00 e. The van der Waals surface area contributed by atoms with Gasteiger partial charge in [-0.2, -0.15) is 0 Å². The maximum Gasteiger partial charge on any atom is 1.00 e. The van der Waals surface area contributed by atoms with Crippen LogP contribution >= 0.6 is 0 Å². The smallest absolute Gasteiger partial charge is 0.844 e. The summed E-state index contributed by atoms with van der Waals surface area (Å²) in [6.07, 6.45) is -1.28. The van der Waals surface area contributed by atoms with E-state index in [1.165, 1.54) is 6.92 Å². The Kier molecular flexibility index (Phi) is 7.51. The summed E-state index contributed by atoms with van der Waals surface area (Å²) < 4.78 is 4.75. The summed E-state index contributed by atoms with van der Waals surface area (Å²) in [4.78, 5) is 10.6. The minimum atomic E-state index is -1.28. The molecular formula is C7H13KO3. The van der Waals surface area contributed by atoms with Gasteiger partial charge in [-0.15, -0.1) is 0 Å². The zero-order valence-corrected chi connectivity index (χ0v) is 10.9. The topological polar surface area (TPSA) is 49.4 Å². The average molecular weight is 184 g/mol. The van der Waals surface area contributed by atoms with E-state index in [0.29, 0.717) is 0 Å². The molecule has 0 saturated carbocycles. The van der Waals surface area contributed by atoms with Crippen molar-refractivity contribution < 1.29 is 66.0 Å². The zero-order chi connectivity index (χ0) is 8.36. The Bertz CT molecular complexity index is 126. The maximum atomic E-state index is 10.6. The molecule has 0 aromatic rings. The summed E-state index contributed by atoms with van der Waals surface area (Å²) in [5.41, 5.74) is -0.546. The van der Waals surface area contributed by atoms with Crippen LogP contribution in [0.1, 0.15) is 27.7 Å². The molecule has 0 spiro atoms. The molecule has 4 heteroatoms. The van der Waals surface area contributed by atoms with Gasteiger partial charge in [0.25, 0.3) is 5.97 Å². The van der Waals surface area contributed by atoms with Crippen molar-refractivity contribution in [3.05, 3.63) is 0 Å². The van der Waals surface area contributed by atoms with Crippen LogP contribution in [0.4, 0.5) is 0 Å². The molecule has 3 nitrogen and oxygen atoms in total. The third-order valence-electron chi connectivity index (χ3n) is 0.739. The summed E-state index contributed by atoms with van der Waals surface area (Å²) in [6.45, 7) is 6.46. The van der Waals surface area contributed by atoms with Gasteiger partial charge in [-0.1, -0.05) is 6.92 Å². The molecule has 0 radical (unpaired) electrons. The van der Waals surface area contributed by atoms with E-state index in [-0.39, 0.29) is 51.4 Å². The molecule has 0 amide bonds. The van der Waals surface area contributed by atoms with E-state index in [2.05, 4.69) is 0 Å². The van der Waals surface area contributed by atoms with Crippen molar-refractivity contribution in [2.45, 2.75) is 39.4 Å². The molecule has 0 aliphatic heterocycles. The molecule has 0 N–H and O–H groups in total. The van der Waals surface area contributed by atoms with Crippen LogP contribution in [-0.4, -0.2) is 17.7 Å². The predicted molar refractivity (Wildman–Crippen MR) is 35.3 cm³/mol. The van der Waals surface area contributed by atoms with Crippen molar-refractivity contribution in [2.75, 3.05) is 0 Å². The molecule has 11 heavy (non-hydrogen) atoms. The second-order valence-electron chi connectivity index (χ2n) is 3.18. The summed E-state index contributed by atoms with van der Waals surface area (Å²) in [6, 6.07) is 0. The summed E-state index contributed by atoms with van der Waals surface area (Å²) >= 11 is 0. The second-order valence-corrected chi connectivity index (χ2v) is 3.18. The Labute approximate surface area is 110 Å². The van der Waals surface area contributed by atoms with Crippen LogP contribution in [0.3, 0.4) is 0 Å². The molecule has 1 unspecified atom stereocenters. The predicted octanol–water partition coefficient (Wildman–Crippen LogP) is -2.92. The third-order valence-corrected chi connectivity index (χ3v) is 0.739. The molecule has 0 aromatic heterocycles. The fourth-order valence-electron chi connectivity index (χ4n) is 0.385. The van der Waals surface area contributed by atoms with Crippen LogP contribution in [0.15, 0.2) is 0 Å². The van der Waals surface area contributed by atoms with E-state index < -0.39 is 17.7 Å². The van der Waals surface area contributed by atoms with Gasteiger partial charge in [-0.3, -0.25) is 4.79 Å². The van der Waals surface area contributed by atoms with Crippen LogP contribution in [0.5, 0.6) is 0 Å². The standard InChI is InChI=1S/C7H13O3.K/c1-5(8)6(9)10-7(2,3)4;/h5H,1-4H3;/q-1;+1. The van der Waals surface area contributed by atoms with Gasteiger partial charge in [0.2, 0.25) is 0 Å². The SMILES string of the molecule is CC([O-])C(=O)OC(C)(C)C.[K+]. The van der Waals surface area contributed by atoms with Gasteiger partial charge in [-0.25, -0.2) is 0 Å². The van der Waals surface area contributed by atoms with E-state index in [0.717, 1.165) is 0 Å². The number of hydrogen-bond acceptors (Lipinski definition) is 3. The van der Waals surface area contributed by atoms with Crippen molar-refractivity contribution in [3.8, 4) is 0 Å². The number of ether oxygens (including phenoxy) is 1. The number of hydrogen-bond donors (Lipinski definition) is 0. The first-order valence-electron chi connectivity index (χ1n) is 3.21. The molecule has 0 aliphatic rings. The van der Waals surface area contributed by atoms with Gasteiger partial charge < -0.3 is 9.84 Å². The molecule has 0 rings (SSSR count). The van der Waals surface area contributed by atoms with Crippen molar-refractivity contribution in [1.29, 1.82) is 0 Å². The monoisotopic (exact) mass is 184 g/mol. The number of esters is 1. The van der Waals surface area contributed by atoms with Gasteiger partial charge in [0.05, 0.1) is 0 Å². The quantitative estimate of drug-likeness (QED) is 0.324. The molecule has 1 atom stereocenters. The van der Waals surface area contributed by atoms with Gasteiger partial charge >= 0.3 is 51.4 Å². The van der Waals surface area contributed by atoms with E-state index >= 15 is 0 Å². The minimum absolute atomic E-state index is 0. The van der Waals surface area contributed by atoms with Crippen molar-refractivity contribution in [3.63, 3.8) is 0 Å². The molecule has 0 bridgehead atoms. The first-order valence-corrected chi connectivity index (χ1v) is 3.21. The number of carbonyl (C=O) groups is 1. The Morgan fingerprint density at radius 3 is 1.91 bits per heavy atom. The minimum Gasteiger partial charge on any atom is -0.844 e. The first kappa shape index (κ1) is 14.6. The van der Waals surface area contributed by atoms with Gasteiger partial charge in [0.1, 0.15) is 5.60 Å². The second kappa shape index (κ2) is 5.67. The van der Waals surface area contributed by atoms with Crippen LogP contribution in [0, 0.1) is 0 Å². The third kappa shape index (κ3) is 8.98. The van der Waals surface area contributed by atoms with Crippen molar-refractivity contribution >= 4 is 5.97 Å². The average Bonchev–Trinajstić information content (AvgIpc) is 1.60. The van der Waals surface area contributed by atoms with Crippen LogP contribution in [0.25, 0.3) is 0 Å². The normalized spacial score (nSPS) is 13.2. The molecule has 0 heterocycles. The molecule has 60 valence electrons. The summed E-state index contributed by atoms with van der Waals surface area (Å²) in [7, 11) is 0. The Morgan fingerprint density at radius 2 is 1.82 bits per heavy atom. The molecule has 0 aromatic carbocycles. The Hall–Kier alpha value is 1.07. The number of carbonyl (C=O) groups excluding carboxylic acids is 1. The Morgan fingerprint density at radius 1 is 1.45 bits per heavy atom. The van der Waals surface area contributed by atoms with Crippen molar-refractivity contribution in [2.24, 2.45) is 0 Å². The number of rotatable bonds is 1. The van der Waals surface area contributed by atoms with Gasteiger partial charge in [-0.05, 0) is 26.9 Å². The Balaban J connectivity index is 0. The van der Waals surface area contributed by atoms with Gasteiger partial charge in [0.15, 0.2) is 0 Å². The van der Waals surface area contributed by atoms with E-state index in [1.54, 1.807) is 20.8 Å². The molecule has 0 saturated heterocycles. The molecule has 0 fully saturated rings. The summed E-state index contributed by atoms with van der Waals surface area (Å²) in [5.74, 6) is -0.688. The van der Waals surface area contributed by atoms with Crippen molar-refractivity contribution in [1.82, 2.24) is 0 Å². The summed E-state index contributed by atoms with van der Waals surface area (Å²) in [5, 5.41) is 10.4. The molecular weight excluding hydrogens is 171 g/mol. The molecule has 0 aliphatic carbocycles. The first-order chi connectivity index (χ1) is 4.33. The fourth-order valence-corrected chi connectivity index (χ4v) is 0.385. The maximum absolute atomic E-state index is 10.6. The zero-order valence-electron chi connectivity index (χ0n) is 7.80. The van der Waals surface area contributed by atoms with E-state index in [4.69, 9.17) is 4.74 Å².